The zero-order chi connectivity index (χ0) is 17.1. The molecule has 5 atom stereocenters. The van der Waals surface area contributed by atoms with Crippen LogP contribution in [0.25, 0.3) is 6.08 Å². The first-order valence-electron chi connectivity index (χ1n) is 7.15. The number of esters is 1. The average Bonchev–Trinajstić information content (AvgIpc) is 2.93. The maximum atomic E-state index is 12.3. The van der Waals surface area contributed by atoms with Gasteiger partial charge < -0.3 is 34.3 Å². The number of hydrogen-bond acceptors (Lipinski definition) is 8. The number of furan rings is 1. The molecular weight excluding hydrogens is 308 g/mol. The van der Waals surface area contributed by atoms with Crippen LogP contribution < -0.4 is 0 Å². The lowest BCUT2D eigenvalue weighted by Gasteiger charge is -2.38. The van der Waals surface area contributed by atoms with Gasteiger partial charge in [0.2, 0.25) is 6.29 Å². The highest BCUT2D eigenvalue weighted by Crippen LogP contribution is 2.25. The Hall–Kier alpha value is -1.71. The Morgan fingerprint density at radius 1 is 1.30 bits per heavy atom. The largest absolute Gasteiger partial charge is 0.464 e. The molecule has 0 bridgehead atoms. The van der Waals surface area contributed by atoms with Gasteiger partial charge in [-0.2, -0.15) is 0 Å². The minimum atomic E-state index is -1.60. The van der Waals surface area contributed by atoms with Crippen molar-refractivity contribution in [3.63, 3.8) is 0 Å². The van der Waals surface area contributed by atoms with Crippen LogP contribution in [0.15, 0.2) is 16.8 Å². The maximum absolute atomic E-state index is 12.3. The molecule has 0 unspecified atom stereocenters. The molecule has 0 spiro atoms. The third-order valence-electron chi connectivity index (χ3n) is 3.62. The van der Waals surface area contributed by atoms with Crippen LogP contribution in [0.5, 0.6) is 0 Å². The fourth-order valence-electron chi connectivity index (χ4n) is 2.31. The van der Waals surface area contributed by atoms with Crippen LogP contribution in [0, 0.1) is 0 Å². The van der Waals surface area contributed by atoms with E-state index in [9.17, 15) is 25.2 Å². The van der Waals surface area contributed by atoms with Gasteiger partial charge in [0.25, 0.3) is 0 Å². The molecule has 0 radical (unpaired) electrons. The lowest BCUT2D eigenvalue weighted by atomic mass is 10.00. The standard InChI is InChI=1S/C15H20O8/c1-3-4-9-10(8(5-16)6-21-9)14(20)23-15-13(19)12(18)11(17)7(2)22-15/h3-4,6-7,11-13,15-19H,5H2,1-2H3/b4-3+/t7-,11-,12+,13+,15-/m0/s1. The summed E-state index contributed by atoms with van der Waals surface area (Å²) >= 11 is 0. The highest BCUT2D eigenvalue weighted by Gasteiger charge is 2.44. The van der Waals surface area contributed by atoms with E-state index in [1.54, 1.807) is 13.0 Å². The molecule has 0 aromatic carbocycles. The second kappa shape index (κ2) is 7.24. The van der Waals surface area contributed by atoms with Crippen molar-refractivity contribution >= 4 is 12.0 Å². The molecule has 1 fully saturated rings. The Labute approximate surface area is 132 Å². The minimum Gasteiger partial charge on any atom is -0.464 e. The normalized spacial score (nSPS) is 31.5. The van der Waals surface area contributed by atoms with Crippen LogP contribution >= 0.6 is 0 Å². The van der Waals surface area contributed by atoms with Crippen molar-refractivity contribution in [2.24, 2.45) is 0 Å². The maximum Gasteiger partial charge on any atom is 0.344 e. The number of rotatable bonds is 4. The first-order valence-corrected chi connectivity index (χ1v) is 7.15. The fraction of sp³-hybridized carbons (Fsp3) is 0.533. The van der Waals surface area contributed by atoms with Crippen LogP contribution in [-0.4, -0.2) is 57.1 Å². The summed E-state index contributed by atoms with van der Waals surface area (Å²) in [6, 6.07) is 0. The molecule has 1 aliphatic rings. The van der Waals surface area contributed by atoms with Crippen molar-refractivity contribution in [3.8, 4) is 0 Å². The first kappa shape index (κ1) is 17.6. The molecule has 8 nitrogen and oxygen atoms in total. The van der Waals surface area contributed by atoms with E-state index in [1.165, 1.54) is 19.3 Å². The number of allylic oxidation sites excluding steroid dienone is 1. The summed E-state index contributed by atoms with van der Waals surface area (Å²) < 4.78 is 15.5. The minimum absolute atomic E-state index is 0.00895. The molecule has 1 aromatic rings. The molecule has 0 saturated carbocycles. The lowest BCUT2D eigenvalue weighted by molar-refractivity contribution is -0.276. The number of hydrogen-bond donors (Lipinski definition) is 4. The zero-order valence-corrected chi connectivity index (χ0v) is 12.7. The Bertz CT molecular complexity index is 578. The summed E-state index contributed by atoms with van der Waals surface area (Å²) in [5.41, 5.74) is 0.233. The first-order chi connectivity index (χ1) is 10.9. The van der Waals surface area contributed by atoms with Gasteiger partial charge in [0, 0.05) is 5.56 Å². The van der Waals surface area contributed by atoms with E-state index in [0.717, 1.165) is 0 Å². The second-order valence-electron chi connectivity index (χ2n) is 5.24. The van der Waals surface area contributed by atoms with Gasteiger partial charge in [-0.3, -0.25) is 0 Å². The van der Waals surface area contributed by atoms with Crippen LogP contribution in [0.3, 0.4) is 0 Å². The fourth-order valence-corrected chi connectivity index (χ4v) is 2.31. The van der Waals surface area contributed by atoms with Gasteiger partial charge in [0.15, 0.2) is 0 Å². The molecule has 1 aliphatic heterocycles. The van der Waals surface area contributed by atoms with Crippen molar-refractivity contribution in [3.05, 3.63) is 29.2 Å². The van der Waals surface area contributed by atoms with E-state index in [4.69, 9.17) is 13.9 Å². The number of ether oxygens (including phenoxy) is 2. The predicted molar refractivity (Wildman–Crippen MR) is 77.1 cm³/mol. The summed E-state index contributed by atoms with van der Waals surface area (Å²) in [6.07, 6.45) is -2.28. The molecule has 128 valence electrons. The molecule has 4 N–H and O–H groups in total. The number of aliphatic hydroxyl groups is 4. The number of aliphatic hydroxyl groups excluding tert-OH is 4. The third kappa shape index (κ3) is 3.46. The Kier molecular flexibility index (Phi) is 5.55. The lowest BCUT2D eigenvalue weighted by Crippen LogP contribution is -2.57. The van der Waals surface area contributed by atoms with Crippen molar-refractivity contribution in [2.75, 3.05) is 0 Å². The highest BCUT2D eigenvalue weighted by molar-refractivity contribution is 5.94. The SMILES string of the molecule is C/C=C/c1occ(CO)c1C(=O)O[C@@H]1O[C@@H](C)[C@H](O)[C@@H](O)[C@H]1O. The van der Waals surface area contributed by atoms with Crippen LogP contribution in [0.4, 0.5) is 0 Å². The molecule has 0 aliphatic carbocycles. The van der Waals surface area contributed by atoms with Crippen LogP contribution in [0.2, 0.25) is 0 Å². The molecule has 1 saturated heterocycles. The molecule has 0 amide bonds. The van der Waals surface area contributed by atoms with E-state index < -0.39 is 43.3 Å². The smallest absolute Gasteiger partial charge is 0.344 e. The van der Waals surface area contributed by atoms with Crippen LogP contribution in [0.1, 0.15) is 35.5 Å². The Balaban J connectivity index is 2.20. The van der Waals surface area contributed by atoms with E-state index in [-0.39, 0.29) is 16.9 Å². The van der Waals surface area contributed by atoms with E-state index >= 15 is 0 Å². The van der Waals surface area contributed by atoms with Crippen LogP contribution in [-0.2, 0) is 16.1 Å². The number of carbonyl (C=O) groups excluding carboxylic acids is 1. The van der Waals surface area contributed by atoms with Gasteiger partial charge in [0.05, 0.1) is 19.0 Å². The van der Waals surface area contributed by atoms with E-state index in [0.29, 0.717) is 0 Å². The highest BCUT2D eigenvalue weighted by atomic mass is 16.7. The predicted octanol–water partition coefficient (Wildman–Crippen LogP) is -0.211. The average molecular weight is 328 g/mol. The third-order valence-corrected chi connectivity index (χ3v) is 3.62. The van der Waals surface area contributed by atoms with Gasteiger partial charge in [-0.15, -0.1) is 0 Å². The van der Waals surface area contributed by atoms with Crippen molar-refractivity contribution in [2.45, 2.75) is 51.2 Å². The summed E-state index contributed by atoms with van der Waals surface area (Å²) in [7, 11) is 0. The monoisotopic (exact) mass is 328 g/mol. The topological polar surface area (TPSA) is 130 Å². The molecule has 1 aromatic heterocycles. The molecule has 2 heterocycles. The van der Waals surface area contributed by atoms with Crippen molar-refractivity contribution < 1.29 is 39.1 Å². The van der Waals surface area contributed by atoms with E-state index in [2.05, 4.69) is 0 Å². The molecule has 2 rings (SSSR count). The van der Waals surface area contributed by atoms with E-state index in [1.807, 2.05) is 0 Å². The molecular formula is C15H20O8. The molecule has 8 heteroatoms. The Morgan fingerprint density at radius 2 is 2.00 bits per heavy atom. The second-order valence-corrected chi connectivity index (χ2v) is 5.24. The van der Waals surface area contributed by atoms with Gasteiger partial charge in [-0.05, 0) is 19.9 Å². The summed E-state index contributed by atoms with van der Waals surface area (Å²) in [5, 5.41) is 38.5. The summed E-state index contributed by atoms with van der Waals surface area (Å²) in [6.45, 7) is 2.77. The zero-order valence-electron chi connectivity index (χ0n) is 12.7. The summed E-state index contributed by atoms with van der Waals surface area (Å²) in [5.74, 6) is -0.684. The quantitative estimate of drug-likeness (QED) is 0.559. The van der Waals surface area contributed by atoms with Gasteiger partial charge in [-0.25, -0.2) is 4.79 Å². The summed E-state index contributed by atoms with van der Waals surface area (Å²) in [4.78, 5) is 12.3. The van der Waals surface area contributed by atoms with Gasteiger partial charge in [-0.1, -0.05) is 6.08 Å². The van der Waals surface area contributed by atoms with Crippen molar-refractivity contribution in [1.82, 2.24) is 0 Å². The number of carbonyl (C=O) groups is 1. The van der Waals surface area contributed by atoms with Gasteiger partial charge in [0.1, 0.15) is 29.6 Å². The van der Waals surface area contributed by atoms with Gasteiger partial charge >= 0.3 is 5.97 Å². The molecule has 23 heavy (non-hydrogen) atoms. The Morgan fingerprint density at radius 3 is 2.61 bits per heavy atom. The van der Waals surface area contributed by atoms with Crippen molar-refractivity contribution in [1.29, 1.82) is 0 Å².